The summed E-state index contributed by atoms with van der Waals surface area (Å²) in [6, 6.07) is 18.7. The zero-order valence-electron chi connectivity index (χ0n) is 15.9. The molecule has 28 heavy (non-hydrogen) atoms. The molecule has 1 heterocycles. The number of benzene rings is 2. The van der Waals surface area contributed by atoms with Gasteiger partial charge < -0.3 is 10.1 Å². The molecule has 1 aliphatic heterocycles. The third kappa shape index (κ3) is 5.79. The van der Waals surface area contributed by atoms with Gasteiger partial charge in [-0.3, -0.25) is 19.4 Å². The number of halogens is 1. The van der Waals surface area contributed by atoms with E-state index in [4.69, 9.17) is 4.74 Å². The molecule has 1 unspecified atom stereocenters. The number of anilines is 2. The topological polar surface area (TPSA) is 61.9 Å². The first-order valence-corrected chi connectivity index (χ1v) is 9.19. The number of amides is 2. The van der Waals surface area contributed by atoms with Crippen LogP contribution in [0.15, 0.2) is 60.7 Å². The number of rotatable bonds is 6. The van der Waals surface area contributed by atoms with Crippen molar-refractivity contribution in [3.63, 3.8) is 0 Å². The molecule has 1 N–H and O–H groups in total. The van der Waals surface area contributed by atoms with Gasteiger partial charge in [0, 0.05) is 24.5 Å². The minimum atomic E-state index is -0.282. The number of carbonyl (C=O) groups is 2. The van der Waals surface area contributed by atoms with E-state index in [9.17, 15) is 9.59 Å². The van der Waals surface area contributed by atoms with E-state index in [1.165, 1.54) is 0 Å². The van der Waals surface area contributed by atoms with E-state index >= 15 is 0 Å². The normalized spacial score (nSPS) is 15.2. The van der Waals surface area contributed by atoms with Crippen molar-refractivity contribution in [1.82, 2.24) is 10.2 Å². The number of hydrogen-bond donors (Lipinski definition) is 1. The average molecular weight is 404 g/mol. The second-order valence-corrected chi connectivity index (χ2v) is 6.47. The summed E-state index contributed by atoms with van der Waals surface area (Å²) in [5.41, 5.74) is 1.48. The Morgan fingerprint density at radius 3 is 2.00 bits per heavy atom. The molecule has 1 fully saturated rings. The Labute approximate surface area is 171 Å². The smallest absolute Gasteiger partial charge is 0.240 e. The molecular formula is C21H26ClN3O3. The van der Waals surface area contributed by atoms with Gasteiger partial charge in [-0.2, -0.15) is 0 Å². The molecule has 0 bridgehead atoms. The highest BCUT2D eigenvalue weighted by molar-refractivity contribution is 6.09. The number of ether oxygens (including phenoxy) is 1. The number of morpholine rings is 1. The summed E-state index contributed by atoms with van der Waals surface area (Å²) in [6.45, 7) is 4.80. The van der Waals surface area contributed by atoms with E-state index < -0.39 is 0 Å². The molecule has 2 aromatic rings. The summed E-state index contributed by atoms with van der Waals surface area (Å²) < 4.78 is 5.33. The molecule has 3 rings (SSSR count). The quantitative estimate of drug-likeness (QED) is 0.753. The molecule has 0 saturated carbocycles. The Morgan fingerprint density at radius 1 is 1.00 bits per heavy atom. The average Bonchev–Trinajstić information content (AvgIpc) is 2.70. The fourth-order valence-electron chi connectivity index (χ4n) is 3.15. The highest BCUT2D eigenvalue weighted by Crippen LogP contribution is 2.25. The van der Waals surface area contributed by atoms with E-state index in [-0.39, 0.29) is 36.8 Å². The van der Waals surface area contributed by atoms with Crippen LogP contribution < -0.4 is 10.2 Å². The number of nitrogens with one attached hydrogen (secondary N) is 1. The van der Waals surface area contributed by atoms with Gasteiger partial charge in [0.15, 0.2) is 0 Å². The van der Waals surface area contributed by atoms with Gasteiger partial charge in [-0.05, 0) is 31.2 Å². The van der Waals surface area contributed by atoms with Crippen LogP contribution in [0.2, 0.25) is 0 Å². The van der Waals surface area contributed by atoms with Crippen molar-refractivity contribution in [1.29, 1.82) is 0 Å². The summed E-state index contributed by atoms with van der Waals surface area (Å²) in [7, 11) is 0. The third-order valence-corrected chi connectivity index (χ3v) is 4.55. The van der Waals surface area contributed by atoms with Crippen molar-refractivity contribution in [2.45, 2.75) is 19.5 Å². The van der Waals surface area contributed by atoms with Gasteiger partial charge in [0.05, 0.1) is 19.4 Å². The number of carbonyl (C=O) groups excluding carboxylic acids is 2. The van der Waals surface area contributed by atoms with Crippen LogP contribution >= 0.6 is 12.4 Å². The van der Waals surface area contributed by atoms with Gasteiger partial charge in [0.2, 0.25) is 11.8 Å². The molecule has 1 saturated heterocycles. The molecule has 2 aromatic carbocycles. The predicted molar refractivity (Wildman–Crippen MR) is 112 cm³/mol. The van der Waals surface area contributed by atoms with Gasteiger partial charge in [0.1, 0.15) is 6.42 Å². The standard InChI is InChI=1S/C21H25N3O3.ClH/c1-17(23-12-14-27-15-13-23)22-20(25)16-21(26)24(18-8-4-2-5-9-18)19-10-6-3-7-11-19;/h2-11,17H,12-16H2,1H3,(H,22,25);1H. The Morgan fingerprint density at radius 2 is 1.50 bits per heavy atom. The lowest BCUT2D eigenvalue weighted by atomic mass is 10.2. The maximum absolute atomic E-state index is 12.9. The molecule has 1 aliphatic rings. The van der Waals surface area contributed by atoms with Crippen LogP contribution in [0.4, 0.5) is 11.4 Å². The van der Waals surface area contributed by atoms with Gasteiger partial charge in [-0.1, -0.05) is 36.4 Å². The third-order valence-electron chi connectivity index (χ3n) is 4.55. The van der Waals surface area contributed by atoms with Crippen LogP contribution in [0.5, 0.6) is 0 Å². The molecule has 0 radical (unpaired) electrons. The van der Waals surface area contributed by atoms with E-state index in [2.05, 4.69) is 10.2 Å². The molecule has 0 spiro atoms. The maximum atomic E-state index is 12.9. The Hall–Kier alpha value is -2.41. The zero-order chi connectivity index (χ0) is 19.1. The highest BCUT2D eigenvalue weighted by Gasteiger charge is 2.23. The lowest BCUT2D eigenvalue weighted by Gasteiger charge is -2.32. The second kappa shape index (κ2) is 10.8. The minimum absolute atomic E-state index is 0. The minimum Gasteiger partial charge on any atom is -0.379 e. The van der Waals surface area contributed by atoms with E-state index in [1.807, 2.05) is 67.6 Å². The fourth-order valence-corrected chi connectivity index (χ4v) is 3.15. The summed E-state index contributed by atoms with van der Waals surface area (Å²) >= 11 is 0. The first kappa shape index (κ1) is 21.9. The fraction of sp³-hybridized carbons (Fsp3) is 0.333. The van der Waals surface area contributed by atoms with Crippen molar-refractivity contribution in [2.24, 2.45) is 0 Å². The van der Waals surface area contributed by atoms with E-state index in [0.717, 1.165) is 24.5 Å². The zero-order valence-corrected chi connectivity index (χ0v) is 16.7. The summed E-state index contributed by atoms with van der Waals surface area (Å²) in [6.07, 6.45) is -0.338. The number of para-hydroxylation sites is 2. The Balaban J connectivity index is 0.00000280. The maximum Gasteiger partial charge on any atom is 0.240 e. The molecule has 2 amide bonds. The van der Waals surface area contributed by atoms with Crippen molar-refractivity contribution in [3.8, 4) is 0 Å². The van der Waals surface area contributed by atoms with Crippen LogP contribution in [0.25, 0.3) is 0 Å². The molecule has 150 valence electrons. The summed E-state index contributed by atoms with van der Waals surface area (Å²) in [5, 5.41) is 2.92. The first-order valence-electron chi connectivity index (χ1n) is 9.19. The van der Waals surface area contributed by atoms with E-state index in [0.29, 0.717) is 13.2 Å². The Bertz CT molecular complexity index is 713. The molecule has 1 atom stereocenters. The Kier molecular flexibility index (Phi) is 8.44. The van der Waals surface area contributed by atoms with Crippen molar-refractivity contribution >= 4 is 35.6 Å². The molecular weight excluding hydrogens is 378 g/mol. The first-order chi connectivity index (χ1) is 13.1. The van der Waals surface area contributed by atoms with Crippen molar-refractivity contribution in [2.75, 3.05) is 31.2 Å². The van der Waals surface area contributed by atoms with Crippen LogP contribution in [0.3, 0.4) is 0 Å². The van der Waals surface area contributed by atoms with Gasteiger partial charge >= 0.3 is 0 Å². The van der Waals surface area contributed by atoms with Crippen LogP contribution in [-0.4, -0.2) is 49.2 Å². The van der Waals surface area contributed by atoms with Crippen LogP contribution in [-0.2, 0) is 14.3 Å². The largest absolute Gasteiger partial charge is 0.379 e. The number of hydrogen-bond acceptors (Lipinski definition) is 4. The van der Waals surface area contributed by atoms with Crippen LogP contribution in [0, 0.1) is 0 Å². The number of nitrogens with zero attached hydrogens (tertiary/aromatic N) is 2. The second-order valence-electron chi connectivity index (χ2n) is 6.47. The van der Waals surface area contributed by atoms with E-state index in [1.54, 1.807) is 4.90 Å². The van der Waals surface area contributed by atoms with Gasteiger partial charge in [-0.25, -0.2) is 0 Å². The SMILES string of the molecule is CC(NC(=O)CC(=O)N(c1ccccc1)c1ccccc1)N1CCOCC1.Cl. The summed E-state index contributed by atoms with van der Waals surface area (Å²) in [5.74, 6) is -0.546. The van der Waals surface area contributed by atoms with Crippen molar-refractivity contribution in [3.05, 3.63) is 60.7 Å². The monoisotopic (exact) mass is 403 g/mol. The summed E-state index contributed by atoms with van der Waals surface area (Å²) in [4.78, 5) is 29.1. The predicted octanol–water partition coefficient (Wildman–Crippen LogP) is 2.96. The lowest BCUT2D eigenvalue weighted by molar-refractivity contribution is -0.129. The lowest BCUT2D eigenvalue weighted by Crippen LogP contribution is -2.51. The van der Waals surface area contributed by atoms with Gasteiger partial charge in [-0.15, -0.1) is 12.4 Å². The van der Waals surface area contributed by atoms with Crippen LogP contribution in [0.1, 0.15) is 13.3 Å². The molecule has 0 aromatic heterocycles. The highest BCUT2D eigenvalue weighted by atomic mass is 35.5. The molecule has 0 aliphatic carbocycles. The van der Waals surface area contributed by atoms with Crippen molar-refractivity contribution < 1.29 is 14.3 Å². The molecule has 7 heteroatoms. The molecule has 6 nitrogen and oxygen atoms in total. The van der Waals surface area contributed by atoms with Gasteiger partial charge in [0.25, 0.3) is 0 Å².